The minimum atomic E-state index is -3.45. The monoisotopic (exact) mass is 519 g/mol. The molecule has 1 aliphatic rings. The first-order chi connectivity index (χ1) is 13.5. The van der Waals surface area contributed by atoms with Crippen LogP contribution in [0.15, 0.2) is 53.4 Å². The van der Waals surface area contributed by atoms with Crippen molar-refractivity contribution in [3.63, 3.8) is 0 Å². The Morgan fingerprint density at radius 1 is 1.03 bits per heavy atom. The molecule has 1 saturated heterocycles. The van der Waals surface area contributed by atoms with E-state index in [2.05, 4.69) is 16.0 Å². The molecule has 0 bridgehead atoms. The van der Waals surface area contributed by atoms with Gasteiger partial charge < -0.3 is 17.2 Å². The Labute approximate surface area is 207 Å². The summed E-state index contributed by atoms with van der Waals surface area (Å²) in [6.45, 7) is 4.01. The topological polar surface area (TPSA) is 70.6 Å². The van der Waals surface area contributed by atoms with Gasteiger partial charge in [0.1, 0.15) is 0 Å². The van der Waals surface area contributed by atoms with Crippen LogP contribution in [-0.4, -0.2) is 56.1 Å². The van der Waals surface area contributed by atoms with Crippen molar-refractivity contribution < 1.29 is 45.9 Å². The molecule has 157 valence electrons. The molecular formula is C21H24N3O3S2Y-. The Morgan fingerprint density at radius 3 is 2.33 bits per heavy atom. The van der Waals surface area contributed by atoms with Crippen molar-refractivity contribution in [3.05, 3.63) is 61.5 Å². The van der Waals surface area contributed by atoms with Gasteiger partial charge in [0.25, 0.3) is 5.91 Å². The smallest absolute Gasteiger partial charge is 0.255 e. The zero-order chi connectivity index (χ0) is 19.7. The number of benzene rings is 2. The molecule has 9 heteroatoms. The van der Waals surface area contributed by atoms with Crippen molar-refractivity contribution in [3.8, 4) is 0 Å². The van der Waals surface area contributed by atoms with Crippen LogP contribution in [0.5, 0.6) is 0 Å². The average Bonchev–Trinajstić information content (AvgIpc) is 3.17. The number of aromatic nitrogens is 1. The number of sulfone groups is 1. The maximum absolute atomic E-state index is 13.0. The van der Waals surface area contributed by atoms with Crippen LogP contribution in [-0.2, 0) is 42.5 Å². The maximum Gasteiger partial charge on any atom is 0.255 e. The Morgan fingerprint density at radius 2 is 1.67 bits per heavy atom. The van der Waals surface area contributed by atoms with Crippen LogP contribution in [0.25, 0.3) is 10.2 Å². The van der Waals surface area contributed by atoms with E-state index in [-0.39, 0.29) is 62.3 Å². The van der Waals surface area contributed by atoms with Crippen molar-refractivity contribution in [2.24, 2.45) is 0 Å². The molecule has 2 aromatic carbocycles. The predicted molar refractivity (Wildman–Crippen MR) is 118 cm³/mol. The van der Waals surface area contributed by atoms with Crippen molar-refractivity contribution in [1.82, 2.24) is 9.88 Å². The molecule has 3 aromatic rings. The van der Waals surface area contributed by atoms with Gasteiger partial charge in [0, 0.05) is 58.9 Å². The second-order valence-corrected chi connectivity index (χ2v) is 9.90. The van der Waals surface area contributed by atoms with Crippen LogP contribution in [0.2, 0.25) is 0 Å². The normalized spacial score (nSPS) is 14.2. The van der Waals surface area contributed by atoms with Crippen molar-refractivity contribution in [2.75, 3.05) is 36.8 Å². The third-order valence-corrected chi connectivity index (χ3v) is 7.84. The second-order valence-electron chi connectivity index (χ2n) is 6.64. The summed E-state index contributed by atoms with van der Waals surface area (Å²) in [5, 5.41) is 0.960. The number of anilines is 1. The number of para-hydroxylation sites is 1. The second kappa shape index (κ2) is 10.3. The molecule has 30 heavy (non-hydrogen) atoms. The van der Waals surface area contributed by atoms with Gasteiger partial charge in [-0.15, -0.1) is 0 Å². The summed E-state index contributed by atoms with van der Waals surface area (Å²) in [6.07, 6.45) is 0. The molecule has 1 aliphatic heterocycles. The van der Waals surface area contributed by atoms with Gasteiger partial charge in [-0.1, -0.05) is 42.5 Å². The number of amides is 1. The molecule has 4 rings (SSSR count). The fourth-order valence-corrected chi connectivity index (χ4v) is 5.44. The first-order valence-corrected chi connectivity index (χ1v) is 11.7. The number of carbonyl (C=O) groups excluding carboxylic acids is 1. The first kappa shape index (κ1) is 24.9. The van der Waals surface area contributed by atoms with Gasteiger partial charge in [0.2, 0.25) is 0 Å². The quantitative estimate of drug-likeness (QED) is 0.494. The predicted octanol–water partition coefficient (Wildman–Crippen LogP) is 3.50. The SMILES string of the molecule is CCS(=O)(=O)c1ccccc1C(=O)N1CCN(c2nc3ccccc3s2)CC1.[CH3-].[Y]. The molecule has 0 saturated carbocycles. The molecule has 1 fully saturated rings. The van der Waals surface area contributed by atoms with Crippen LogP contribution in [0.1, 0.15) is 17.3 Å². The van der Waals surface area contributed by atoms with Gasteiger partial charge in [0.05, 0.1) is 26.4 Å². The number of hydrogen-bond acceptors (Lipinski definition) is 6. The van der Waals surface area contributed by atoms with Crippen LogP contribution in [0, 0.1) is 7.43 Å². The van der Waals surface area contributed by atoms with Crippen molar-refractivity contribution >= 4 is 42.4 Å². The van der Waals surface area contributed by atoms with E-state index in [4.69, 9.17) is 0 Å². The molecule has 0 atom stereocenters. The molecule has 1 amide bonds. The summed E-state index contributed by atoms with van der Waals surface area (Å²) in [7, 11) is -3.45. The van der Waals surface area contributed by atoms with Crippen molar-refractivity contribution in [1.29, 1.82) is 0 Å². The number of hydrogen-bond donors (Lipinski definition) is 0. The van der Waals surface area contributed by atoms with E-state index in [1.165, 1.54) is 6.07 Å². The zero-order valence-corrected chi connectivity index (χ0v) is 21.6. The van der Waals surface area contributed by atoms with Crippen LogP contribution in [0.3, 0.4) is 0 Å². The Bertz CT molecular complexity index is 1090. The van der Waals surface area contributed by atoms with Crippen molar-refractivity contribution in [2.45, 2.75) is 11.8 Å². The summed E-state index contributed by atoms with van der Waals surface area (Å²) in [5.41, 5.74) is 1.25. The number of thiazole rings is 1. The molecule has 0 N–H and O–H groups in total. The summed E-state index contributed by atoms with van der Waals surface area (Å²) in [5.74, 6) is -0.251. The summed E-state index contributed by atoms with van der Waals surface area (Å²) < 4.78 is 25.8. The Balaban J connectivity index is 0.00000160. The van der Waals surface area contributed by atoms with E-state index in [1.807, 2.05) is 18.2 Å². The largest absolute Gasteiger partial charge is 0.358 e. The van der Waals surface area contributed by atoms with E-state index in [9.17, 15) is 13.2 Å². The average molecular weight is 519 g/mol. The Kier molecular flexibility index (Phi) is 8.56. The van der Waals surface area contributed by atoms with Crippen LogP contribution < -0.4 is 4.90 Å². The number of nitrogens with zero attached hydrogens (tertiary/aromatic N) is 3. The molecule has 1 radical (unpaired) electrons. The minimum absolute atomic E-state index is 0. The van der Waals surface area contributed by atoms with Gasteiger partial charge >= 0.3 is 0 Å². The van der Waals surface area contributed by atoms with E-state index < -0.39 is 9.84 Å². The number of piperazine rings is 1. The molecule has 6 nitrogen and oxygen atoms in total. The van der Waals surface area contributed by atoms with E-state index >= 15 is 0 Å². The minimum Gasteiger partial charge on any atom is -0.358 e. The third-order valence-electron chi connectivity index (χ3n) is 4.95. The molecule has 2 heterocycles. The van der Waals surface area contributed by atoms with Gasteiger partial charge in [-0.3, -0.25) is 4.79 Å². The van der Waals surface area contributed by atoms with E-state index in [0.717, 1.165) is 15.3 Å². The van der Waals surface area contributed by atoms with E-state index in [1.54, 1.807) is 41.4 Å². The van der Waals surface area contributed by atoms with Crippen LogP contribution in [0.4, 0.5) is 5.13 Å². The molecule has 1 aromatic heterocycles. The van der Waals surface area contributed by atoms with Gasteiger partial charge in [-0.05, 0) is 24.3 Å². The Hall–Kier alpha value is -1.35. The number of carbonyl (C=O) groups is 1. The molecule has 0 unspecified atom stereocenters. The fourth-order valence-electron chi connectivity index (χ4n) is 3.34. The molecule has 0 aliphatic carbocycles. The van der Waals surface area contributed by atoms with Crippen LogP contribution >= 0.6 is 11.3 Å². The first-order valence-electron chi connectivity index (χ1n) is 9.21. The standard InChI is InChI=1S/C20H21N3O3S2.CH3.Y/c1-2-28(25,26)18-10-6-3-7-15(18)19(24)22-11-13-23(14-12-22)20-21-16-8-4-5-9-17(16)27-20;;/h3-10H,2,11-14H2,1H3;1H3;/q;-1;. The number of rotatable bonds is 4. The number of fused-ring (bicyclic) bond motifs is 1. The van der Waals surface area contributed by atoms with Gasteiger partial charge in [-0.2, -0.15) is 0 Å². The molecule has 0 spiro atoms. The maximum atomic E-state index is 13.0. The van der Waals surface area contributed by atoms with E-state index in [0.29, 0.717) is 26.2 Å². The summed E-state index contributed by atoms with van der Waals surface area (Å²) >= 11 is 1.65. The third kappa shape index (κ3) is 4.93. The van der Waals surface area contributed by atoms with Gasteiger partial charge in [0.15, 0.2) is 15.0 Å². The summed E-state index contributed by atoms with van der Waals surface area (Å²) in [4.78, 5) is 21.7. The van der Waals surface area contributed by atoms with Gasteiger partial charge in [-0.25, -0.2) is 13.4 Å². The zero-order valence-electron chi connectivity index (χ0n) is 17.1. The molecular weight excluding hydrogens is 495 g/mol. The fraction of sp³-hybridized carbons (Fsp3) is 0.286. The summed E-state index contributed by atoms with van der Waals surface area (Å²) in [6, 6.07) is 14.5.